The minimum atomic E-state index is 0.401. The highest BCUT2D eigenvalue weighted by atomic mass is 16.5. The molecule has 3 rings (SSSR count). The third-order valence-electron chi connectivity index (χ3n) is 3.86. The van der Waals surface area contributed by atoms with Gasteiger partial charge in [-0.1, -0.05) is 12.1 Å². The molecule has 20 heavy (non-hydrogen) atoms. The Balaban J connectivity index is 1.74. The van der Waals surface area contributed by atoms with Crippen LogP contribution >= 0.6 is 0 Å². The van der Waals surface area contributed by atoms with Crippen LogP contribution in [0.4, 0.5) is 5.69 Å². The molecule has 4 heteroatoms. The maximum absolute atomic E-state index is 5.38. The average molecular weight is 269 g/mol. The molecule has 0 aliphatic heterocycles. The van der Waals surface area contributed by atoms with Crippen molar-refractivity contribution in [3.63, 3.8) is 0 Å². The van der Waals surface area contributed by atoms with Gasteiger partial charge in [-0.15, -0.1) is 0 Å². The molecule has 1 aliphatic rings. The van der Waals surface area contributed by atoms with Crippen molar-refractivity contribution in [3.8, 4) is 0 Å². The molecule has 1 heterocycles. The Hall–Kier alpha value is -1.94. The molecule has 0 radical (unpaired) electrons. The van der Waals surface area contributed by atoms with E-state index >= 15 is 0 Å². The lowest BCUT2D eigenvalue weighted by atomic mass is 9.96. The first-order chi connectivity index (χ1) is 9.86. The highest BCUT2D eigenvalue weighted by molar-refractivity contribution is 5.94. The van der Waals surface area contributed by atoms with E-state index in [2.05, 4.69) is 21.6 Å². The summed E-state index contributed by atoms with van der Waals surface area (Å²) in [6.45, 7) is 0. The monoisotopic (exact) mass is 269 g/mol. The highest BCUT2D eigenvalue weighted by Crippen LogP contribution is 2.23. The maximum atomic E-state index is 5.38. The third kappa shape index (κ3) is 2.80. The Kier molecular flexibility index (Phi) is 3.92. The van der Waals surface area contributed by atoms with E-state index in [1.165, 1.54) is 5.71 Å². The zero-order valence-corrected chi connectivity index (χ0v) is 11.7. The first kappa shape index (κ1) is 13.1. The molecule has 0 unspecified atom stereocenters. The van der Waals surface area contributed by atoms with Crippen LogP contribution in [0.3, 0.4) is 0 Å². The summed E-state index contributed by atoms with van der Waals surface area (Å²) in [5, 5.41) is 6.84. The Morgan fingerprint density at radius 3 is 2.90 bits per heavy atom. The summed E-state index contributed by atoms with van der Waals surface area (Å²) >= 11 is 0. The molecule has 1 N–H and O–H groups in total. The van der Waals surface area contributed by atoms with Crippen LogP contribution in [0.5, 0.6) is 0 Å². The minimum absolute atomic E-state index is 0.401. The Labute approximate surface area is 118 Å². The van der Waals surface area contributed by atoms with Gasteiger partial charge in [0.1, 0.15) is 0 Å². The van der Waals surface area contributed by atoms with E-state index < -0.39 is 0 Å². The van der Waals surface area contributed by atoms with E-state index in [0.717, 1.165) is 42.1 Å². The summed E-state index contributed by atoms with van der Waals surface area (Å²) < 4.78 is 5.38. The second kappa shape index (κ2) is 6.01. The summed E-state index contributed by atoms with van der Waals surface area (Å²) in [5.41, 5.74) is 5.47. The van der Waals surface area contributed by atoms with Gasteiger partial charge in [0.15, 0.2) is 0 Å². The van der Waals surface area contributed by atoms with Crippen molar-refractivity contribution >= 4 is 22.2 Å². The fourth-order valence-corrected chi connectivity index (χ4v) is 2.63. The molecule has 4 nitrogen and oxygen atoms in total. The number of hydrazone groups is 1. The van der Waals surface area contributed by atoms with Crippen molar-refractivity contribution in [1.82, 2.24) is 4.98 Å². The molecule has 0 spiro atoms. The molecule has 0 amide bonds. The number of benzene rings is 1. The van der Waals surface area contributed by atoms with Gasteiger partial charge in [-0.25, -0.2) is 0 Å². The van der Waals surface area contributed by atoms with Crippen LogP contribution in [0.25, 0.3) is 10.8 Å². The number of methoxy groups -OCH3 is 1. The predicted octanol–water partition coefficient (Wildman–Crippen LogP) is 3.59. The minimum Gasteiger partial charge on any atom is -0.381 e. The lowest BCUT2D eigenvalue weighted by Crippen LogP contribution is -2.20. The fraction of sp³-hybridized carbons (Fsp3) is 0.375. The molecular weight excluding hydrogens is 250 g/mol. The number of pyridine rings is 1. The van der Waals surface area contributed by atoms with Crippen molar-refractivity contribution in [2.75, 3.05) is 12.5 Å². The normalized spacial score (nSPS) is 19.1. The lowest BCUT2D eigenvalue weighted by Gasteiger charge is -2.21. The summed E-state index contributed by atoms with van der Waals surface area (Å²) in [7, 11) is 1.79. The zero-order chi connectivity index (χ0) is 13.8. The molecule has 1 aliphatic carbocycles. The molecular formula is C16H19N3O. The van der Waals surface area contributed by atoms with E-state index in [0.29, 0.717) is 6.10 Å². The van der Waals surface area contributed by atoms with Crippen LogP contribution in [-0.2, 0) is 4.74 Å². The van der Waals surface area contributed by atoms with Gasteiger partial charge in [0.05, 0.1) is 11.8 Å². The molecule has 104 valence electrons. The van der Waals surface area contributed by atoms with Gasteiger partial charge in [0.25, 0.3) is 0 Å². The van der Waals surface area contributed by atoms with Gasteiger partial charge < -0.3 is 4.74 Å². The number of anilines is 1. The smallest absolute Gasteiger partial charge is 0.0641 e. The van der Waals surface area contributed by atoms with Gasteiger partial charge in [-0.2, -0.15) is 5.10 Å². The van der Waals surface area contributed by atoms with Crippen molar-refractivity contribution in [2.24, 2.45) is 5.10 Å². The van der Waals surface area contributed by atoms with Crippen LogP contribution in [0.2, 0.25) is 0 Å². The number of hydrogen-bond acceptors (Lipinski definition) is 4. The van der Waals surface area contributed by atoms with Crippen molar-refractivity contribution in [2.45, 2.75) is 31.8 Å². The van der Waals surface area contributed by atoms with Gasteiger partial charge in [0.2, 0.25) is 0 Å². The van der Waals surface area contributed by atoms with Crippen LogP contribution in [0.1, 0.15) is 25.7 Å². The van der Waals surface area contributed by atoms with Gasteiger partial charge in [-0.05, 0) is 37.8 Å². The van der Waals surface area contributed by atoms with Gasteiger partial charge in [-0.3, -0.25) is 10.4 Å². The second-order valence-electron chi connectivity index (χ2n) is 5.13. The number of hydrogen-bond donors (Lipinski definition) is 1. The molecule has 0 bridgehead atoms. The Morgan fingerprint density at radius 2 is 2.10 bits per heavy atom. The first-order valence-electron chi connectivity index (χ1n) is 7.04. The van der Waals surface area contributed by atoms with Crippen LogP contribution < -0.4 is 5.43 Å². The number of nitrogens with one attached hydrogen (secondary N) is 1. The van der Waals surface area contributed by atoms with Crippen molar-refractivity contribution in [3.05, 3.63) is 36.7 Å². The van der Waals surface area contributed by atoms with Crippen LogP contribution in [0.15, 0.2) is 41.8 Å². The molecule has 2 aromatic rings. The molecule has 1 aromatic carbocycles. The second-order valence-corrected chi connectivity index (χ2v) is 5.13. The molecule has 0 saturated heterocycles. The number of nitrogens with zero attached hydrogens (tertiary/aromatic N) is 2. The first-order valence-corrected chi connectivity index (χ1v) is 7.04. The number of ether oxygens (including phenoxy) is 1. The van der Waals surface area contributed by atoms with Crippen LogP contribution in [-0.4, -0.2) is 23.9 Å². The largest absolute Gasteiger partial charge is 0.381 e. The van der Waals surface area contributed by atoms with E-state index in [4.69, 9.17) is 4.74 Å². The quantitative estimate of drug-likeness (QED) is 0.866. The topological polar surface area (TPSA) is 46.5 Å². The highest BCUT2D eigenvalue weighted by Gasteiger charge is 2.16. The Morgan fingerprint density at radius 1 is 1.25 bits per heavy atom. The zero-order valence-electron chi connectivity index (χ0n) is 11.7. The SMILES string of the molecule is COC1CCC(=NNc2cccc3cnccc23)CC1. The summed E-state index contributed by atoms with van der Waals surface area (Å²) in [6.07, 6.45) is 8.24. The van der Waals surface area contributed by atoms with E-state index in [1.54, 1.807) is 7.11 Å². The van der Waals surface area contributed by atoms with Gasteiger partial charge in [0, 0.05) is 36.0 Å². The van der Waals surface area contributed by atoms with Gasteiger partial charge >= 0.3 is 0 Å². The maximum Gasteiger partial charge on any atom is 0.0641 e. The predicted molar refractivity (Wildman–Crippen MR) is 82.1 cm³/mol. The summed E-state index contributed by atoms with van der Waals surface area (Å²) in [5.74, 6) is 0. The van der Waals surface area contributed by atoms with E-state index in [-0.39, 0.29) is 0 Å². The number of aromatic nitrogens is 1. The molecule has 0 atom stereocenters. The number of rotatable bonds is 3. The molecule has 1 fully saturated rings. The Bertz CT molecular complexity index is 609. The summed E-state index contributed by atoms with van der Waals surface area (Å²) in [4.78, 5) is 4.14. The summed E-state index contributed by atoms with van der Waals surface area (Å²) in [6, 6.07) is 8.14. The lowest BCUT2D eigenvalue weighted by molar-refractivity contribution is 0.0863. The van der Waals surface area contributed by atoms with Crippen LogP contribution in [0, 0.1) is 0 Å². The third-order valence-corrected chi connectivity index (χ3v) is 3.86. The van der Waals surface area contributed by atoms with E-state index in [9.17, 15) is 0 Å². The molecule has 1 aromatic heterocycles. The fourth-order valence-electron chi connectivity index (χ4n) is 2.63. The number of fused-ring (bicyclic) bond motifs is 1. The average Bonchev–Trinajstić information content (AvgIpc) is 2.53. The standard InChI is InChI=1S/C16H19N3O/c1-20-14-7-5-13(6-8-14)18-19-16-4-2-3-12-11-17-10-9-15(12)16/h2-4,9-11,14,19H,5-8H2,1H3. The van der Waals surface area contributed by atoms with E-state index in [1.807, 2.05) is 30.6 Å². The van der Waals surface area contributed by atoms with Crippen molar-refractivity contribution in [1.29, 1.82) is 0 Å². The van der Waals surface area contributed by atoms with Crippen molar-refractivity contribution < 1.29 is 4.74 Å². The molecule has 1 saturated carbocycles.